The normalized spacial score (nSPS) is 12.7. The van der Waals surface area contributed by atoms with Crippen molar-refractivity contribution in [3.05, 3.63) is 35.2 Å². The highest BCUT2D eigenvalue weighted by atomic mass is 16.4. The Morgan fingerprint density at radius 3 is 2.53 bits per heavy atom. The Labute approximate surface area is 101 Å². The van der Waals surface area contributed by atoms with Crippen LogP contribution in [0.15, 0.2) is 18.2 Å². The monoisotopic (exact) mass is 236 g/mol. The molecule has 0 aliphatic heterocycles. The van der Waals surface area contributed by atoms with Crippen LogP contribution in [0.4, 0.5) is 0 Å². The molecular weight excluding hydrogens is 218 g/mol. The summed E-state index contributed by atoms with van der Waals surface area (Å²) in [4.78, 5) is 10.7. The maximum atomic E-state index is 10.7. The molecule has 1 atom stereocenters. The van der Waals surface area contributed by atoms with E-state index in [2.05, 4.69) is 0 Å². The van der Waals surface area contributed by atoms with Gasteiger partial charge in [-0.15, -0.1) is 0 Å². The van der Waals surface area contributed by atoms with Gasteiger partial charge in [-0.2, -0.15) is 0 Å². The average molecular weight is 236 g/mol. The summed E-state index contributed by atoms with van der Waals surface area (Å²) in [5.41, 5.74) is 7.32. The van der Waals surface area contributed by atoms with E-state index in [-0.39, 0.29) is 12.2 Å². The van der Waals surface area contributed by atoms with Crippen molar-refractivity contribution in [2.45, 2.75) is 32.7 Å². The van der Waals surface area contributed by atoms with Gasteiger partial charge in [0.05, 0.1) is 0 Å². The average Bonchev–Trinajstić information content (AvgIpc) is 2.20. The highest BCUT2D eigenvalue weighted by Crippen LogP contribution is 2.21. The first-order valence-electron chi connectivity index (χ1n) is 5.48. The first-order chi connectivity index (χ1) is 7.90. The van der Waals surface area contributed by atoms with Crippen molar-refractivity contribution in [2.24, 2.45) is 5.73 Å². The van der Waals surface area contributed by atoms with E-state index in [1.807, 2.05) is 13.8 Å². The topological polar surface area (TPSA) is 83.5 Å². The number of rotatable bonds is 5. The van der Waals surface area contributed by atoms with Gasteiger partial charge in [0, 0.05) is 0 Å². The predicted octanol–water partition coefficient (Wildman–Crippen LogP) is 1.50. The quantitative estimate of drug-likeness (QED) is 0.723. The summed E-state index contributed by atoms with van der Waals surface area (Å²) in [6, 6.07) is 4.04. The predicted molar refractivity (Wildman–Crippen MR) is 65.7 cm³/mol. The van der Waals surface area contributed by atoms with Crippen molar-refractivity contribution in [1.29, 1.82) is 0 Å². The molecule has 4 heteroatoms. The van der Waals surface area contributed by atoms with E-state index in [0.29, 0.717) is 0 Å². The van der Waals surface area contributed by atoms with E-state index in [1.54, 1.807) is 18.2 Å². The number of hydrogen-bond acceptors (Lipinski definition) is 3. The zero-order valence-electron chi connectivity index (χ0n) is 10.1. The molecule has 1 aromatic rings. The van der Waals surface area contributed by atoms with E-state index in [1.165, 1.54) is 5.92 Å². The number of nitrogens with two attached hydrogens (primary N) is 1. The van der Waals surface area contributed by atoms with Crippen LogP contribution in [0.2, 0.25) is 0 Å². The van der Waals surface area contributed by atoms with Crippen molar-refractivity contribution in [3.8, 4) is 5.75 Å². The summed E-state index contributed by atoms with van der Waals surface area (Å²) in [6.07, 6.45) is 0.994. The minimum Gasteiger partial charge on any atom is -0.508 e. The van der Waals surface area contributed by atoms with Crippen LogP contribution in [-0.2, 0) is 17.6 Å². The number of phenolic OH excluding ortho intramolecular Hbond substituents is 1. The lowest BCUT2D eigenvalue weighted by Gasteiger charge is -2.13. The molecule has 4 nitrogen and oxygen atoms in total. The molecule has 1 radical (unpaired) electrons. The van der Waals surface area contributed by atoms with Crippen molar-refractivity contribution in [2.75, 3.05) is 0 Å². The third-order valence-electron chi connectivity index (χ3n) is 2.49. The van der Waals surface area contributed by atoms with Crippen LogP contribution < -0.4 is 5.73 Å². The third kappa shape index (κ3) is 4.07. The number of hydrogen-bond donors (Lipinski definition) is 3. The van der Waals surface area contributed by atoms with Crippen LogP contribution >= 0.6 is 0 Å². The summed E-state index contributed by atoms with van der Waals surface area (Å²) in [7, 11) is 0. The lowest BCUT2D eigenvalue weighted by Crippen LogP contribution is -2.32. The summed E-state index contributed by atoms with van der Waals surface area (Å²) < 4.78 is 0. The Morgan fingerprint density at radius 2 is 2.00 bits per heavy atom. The number of phenols is 1. The maximum Gasteiger partial charge on any atom is 0.320 e. The molecule has 0 saturated carbocycles. The maximum absolute atomic E-state index is 10.7. The summed E-state index contributed by atoms with van der Waals surface area (Å²) in [5.74, 6) is 0.371. The Bertz CT molecular complexity index is 402. The number of aliphatic carboxylic acids is 1. The molecule has 0 heterocycles. The van der Waals surface area contributed by atoms with Gasteiger partial charge in [-0.3, -0.25) is 4.79 Å². The smallest absolute Gasteiger partial charge is 0.320 e. The molecule has 0 fully saturated rings. The molecule has 0 saturated heterocycles. The SMILES string of the molecule is C[C](C)Cc1cc(O)ccc1C[C@H](N)C(=O)O. The van der Waals surface area contributed by atoms with Crippen LogP contribution in [0.25, 0.3) is 0 Å². The summed E-state index contributed by atoms with van der Waals surface area (Å²) in [6.45, 7) is 3.98. The Morgan fingerprint density at radius 1 is 1.35 bits per heavy atom. The lowest BCUT2D eigenvalue weighted by molar-refractivity contribution is -0.138. The number of carboxylic acid groups (broad SMARTS) is 1. The van der Waals surface area contributed by atoms with E-state index >= 15 is 0 Å². The van der Waals surface area contributed by atoms with Crippen LogP contribution in [0.5, 0.6) is 5.75 Å². The molecule has 0 aliphatic carbocycles. The second kappa shape index (κ2) is 5.68. The molecule has 17 heavy (non-hydrogen) atoms. The van der Waals surface area contributed by atoms with Crippen molar-refractivity contribution >= 4 is 5.97 Å². The second-order valence-electron chi connectivity index (χ2n) is 4.49. The first kappa shape index (κ1) is 13.5. The highest BCUT2D eigenvalue weighted by molar-refractivity contribution is 5.73. The molecule has 0 spiro atoms. The zero-order valence-corrected chi connectivity index (χ0v) is 10.1. The minimum absolute atomic E-state index is 0.189. The van der Waals surface area contributed by atoms with Crippen LogP contribution in [0, 0.1) is 5.92 Å². The van der Waals surface area contributed by atoms with Gasteiger partial charge in [-0.1, -0.05) is 19.9 Å². The molecule has 0 bridgehead atoms. The second-order valence-corrected chi connectivity index (χ2v) is 4.49. The van der Waals surface area contributed by atoms with Gasteiger partial charge in [0.2, 0.25) is 0 Å². The first-order valence-corrected chi connectivity index (χ1v) is 5.48. The molecule has 0 amide bonds. The molecule has 1 aromatic carbocycles. The van der Waals surface area contributed by atoms with Crippen molar-refractivity contribution < 1.29 is 15.0 Å². The third-order valence-corrected chi connectivity index (χ3v) is 2.49. The van der Waals surface area contributed by atoms with Crippen LogP contribution in [0.3, 0.4) is 0 Å². The van der Waals surface area contributed by atoms with Gasteiger partial charge >= 0.3 is 5.97 Å². The number of benzene rings is 1. The van der Waals surface area contributed by atoms with Crippen molar-refractivity contribution in [3.63, 3.8) is 0 Å². The fourth-order valence-electron chi connectivity index (χ4n) is 1.68. The van der Waals surface area contributed by atoms with E-state index in [0.717, 1.165) is 17.5 Å². The van der Waals surface area contributed by atoms with Gasteiger partial charge < -0.3 is 15.9 Å². The van der Waals surface area contributed by atoms with Crippen LogP contribution in [-0.4, -0.2) is 22.2 Å². The number of carbonyl (C=O) groups is 1. The fraction of sp³-hybridized carbons (Fsp3) is 0.385. The molecule has 0 unspecified atom stereocenters. The highest BCUT2D eigenvalue weighted by Gasteiger charge is 2.15. The van der Waals surface area contributed by atoms with Gasteiger partial charge in [0.1, 0.15) is 11.8 Å². The van der Waals surface area contributed by atoms with E-state index < -0.39 is 12.0 Å². The number of aromatic hydroxyl groups is 1. The van der Waals surface area contributed by atoms with E-state index in [9.17, 15) is 9.90 Å². The molecule has 1 rings (SSSR count). The Hall–Kier alpha value is -1.55. The van der Waals surface area contributed by atoms with Gasteiger partial charge in [-0.05, 0) is 42.0 Å². The number of carboxylic acids is 1. The van der Waals surface area contributed by atoms with E-state index in [4.69, 9.17) is 10.8 Å². The largest absolute Gasteiger partial charge is 0.508 e. The van der Waals surface area contributed by atoms with Gasteiger partial charge in [0.25, 0.3) is 0 Å². The Kier molecular flexibility index (Phi) is 4.52. The van der Waals surface area contributed by atoms with Crippen molar-refractivity contribution in [1.82, 2.24) is 0 Å². The van der Waals surface area contributed by atoms with Gasteiger partial charge in [-0.25, -0.2) is 0 Å². The zero-order chi connectivity index (χ0) is 13.0. The Balaban J connectivity index is 2.93. The van der Waals surface area contributed by atoms with Gasteiger partial charge in [0.15, 0.2) is 0 Å². The fourth-order valence-corrected chi connectivity index (χ4v) is 1.68. The summed E-state index contributed by atoms with van der Waals surface area (Å²) in [5, 5.41) is 18.2. The molecule has 93 valence electrons. The minimum atomic E-state index is -1.01. The molecular formula is C13H18NO3. The summed E-state index contributed by atoms with van der Waals surface area (Å²) >= 11 is 0. The standard InChI is InChI=1S/C13H18NO3/c1-8(2)5-10-6-11(15)4-3-9(10)7-12(14)13(16)17/h3-4,6,12,15H,5,7,14H2,1-2H3,(H,16,17)/t12-/m0/s1. The molecule has 0 aromatic heterocycles. The molecule has 4 N–H and O–H groups in total. The van der Waals surface area contributed by atoms with Crippen LogP contribution in [0.1, 0.15) is 25.0 Å². The lowest BCUT2D eigenvalue weighted by atomic mass is 9.94. The molecule has 0 aliphatic rings.